The van der Waals surface area contributed by atoms with Gasteiger partial charge in [0.15, 0.2) is 0 Å². The Balaban J connectivity index is 2.37. The number of aliphatic carboxylic acids is 1. The summed E-state index contributed by atoms with van der Waals surface area (Å²) in [5, 5.41) is 15.9. The van der Waals surface area contributed by atoms with Crippen LogP contribution >= 0.6 is 0 Å². The van der Waals surface area contributed by atoms with E-state index < -0.39 is 11.4 Å². The van der Waals surface area contributed by atoms with Gasteiger partial charge < -0.3 is 5.11 Å². The molecule has 0 aliphatic heterocycles. The summed E-state index contributed by atoms with van der Waals surface area (Å²) in [6, 6.07) is 7.55. The predicted octanol–water partition coefficient (Wildman–Crippen LogP) is 2.58. The molecule has 0 spiro atoms. The van der Waals surface area contributed by atoms with E-state index in [9.17, 15) is 9.18 Å². The third-order valence-corrected chi connectivity index (χ3v) is 2.93. The SMILES string of the molecule is CC(C)(C(=O)O)c1cc(-c2ccc(F)cc2)n[nH]1. The fraction of sp³-hybridized carbons (Fsp3) is 0.231. The maximum atomic E-state index is 12.8. The molecule has 0 radical (unpaired) electrons. The van der Waals surface area contributed by atoms with E-state index in [0.29, 0.717) is 11.4 Å². The van der Waals surface area contributed by atoms with Crippen LogP contribution in [0.25, 0.3) is 11.3 Å². The molecule has 94 valence electrons. The number of aromatic nitrogens is 2. The van der Waals surface area contributed by atoms with Crippen molar-refractivity contribution in [1.82, 2.24) is 10.2 Å². The zero-order valence-corrected chi connectivity index (χ0v) is 10.1. The Kier molecular flexibility index (Phi) is 2.90. The van der Waals surface area contributed by atoms with Gasteiger partial charge in [0.05, 0.1) is 11.4 Å². The third-order valence-electron chi connectivity index (χ3n) is 2.93. The van der Waals surface area contributed by atoms with E-state index in [1.165, 1.54) is 12.1 Å². The highest BCUT2D eigenvalue weighted by atomic mass is 19.1. The summed E-state index contributed by atoms with van der Waals surface area (Å²) in [7, 11) is 0. The lowest BCUT2D eigenvalue weighted by atomic mass is 9.89. The number of carboxylic acid groups (broad SMARTS) is 1. The monoisotopic (exact) mass is 248 g/mol. The largest absolute Gasteiger partial charge is 0.481 e. The van der Waals surface area contributed by atoms with Gasteiger partial charge in [-0.1, -0.05) is 0 Å². The van der Waals surface area contributed by atoms with E-state index >= 15 is 0 Å². The zero-order valence-electron chi connectivity index (χ0n) is 10.1. The van der Waals surface area contributed by atoms with Crippen LogP contribution in [0.2, 0.25) is 0 Å². The van der Waals surface area contributed by atoms with Gasteiger partial charge in [0, 0.05) is 5.56 Å². The van der Waals surface area contributed by atoms with Gasteiger partial charge >= 0.3 is 5.97 Å². The molecule has 0 atom stereocenters. The van der Waals surface area contributed by atoms with Gasteiger partial charge in [-0.3, -0.25) is 9.89 Å². The summed E-state index contributed by atoms with van der Waals surface area (Å²) in [6.07, 6.45) is 0. The summed E-state index contributed by atoms with van der Waals surface area (Å²) in [5.74, 6) is -1.25. The van der Waals surface area contributed by atoms with Crippen LogP contribution in [0.5, 0.6) is 0 Å². The Morgan fingerprint density at radius 3 is 2.50 bits per heavy atom. The molecule has 18 heavy (non-hydrogen) atoms. The molecular formula is C13H13FN2O2. The number of nitrogens with zero attached hydrogens (tertiary/aromatic N) is 1. The summed E-state index contributed by atoms with van der Waals surface area (Å²) in [4.78, 5) is 11.1. The van der Waals surface area contributed by atoms with E-state index in [0.717, 1.165) is 5.56 Å². The van der Waals surface area contributed by atoms with Crippen molar-refractivity contribution < 1.29 is 14.3 Å². The van der Waals surface area contributed by atoms with Crippen LogP contribution < -0.4 is 0 Å². The maximum Gasteiger partial charge on any atom is 0.315 e. The molecule has 4 nitrogen and oxygen atoms in total. The van der Waals surface area contributed by atoms with Crippen molar-refractivity contribution in [2.75, 3.05) is 0 Å². The molecule has 5 heteroatoms. The van der Waals surface area contributed by atoms with Crippen LogP contribution in [0, 0.1) is 5.82 Å². The molecule has 2 N–H and O–H groups in total. The van der Waals surface area contributed by atoms with Crippen molar-refractivity contribution in [2.45, 2.75) is 19.3 Å². The Morgan fingerprint density at radius 1 is 1.33 bits per heavy atom. The van der Waals surface area contributed by atoms with Crippen molar-refractivity contribution in [3.63, 3.8) is 0 Å². The zero-order chi connectivity index (χ0) is 13.3. The van der Waals surface area contributed by atoms with Gasteiger partial charge in [0.2, 0.25) is 0 Å². The molecule has 1 aromatic heterocycles. The van der Waals surface area contributed by atoms with Crippen LogP contribution in [-0.2, 0) is 10.2 Å². The highest BCUT2D eigenvalue weighted by Gasteiger charge is 2.31. The Hall–Kier alpha value is -2.17. The second-order valence-electron chi connectivity index (χ2n) is 4.60. The van der Waals surface area contributed by atoms with Gasteiger partial charge in [-0.2, -0.15) is 5.10 Å². The van der Waals surface area contributed by atoms with Crippen LogP contribution in [-0.4, -0.2) is 21.3 Å². The lowest BCUT2D eigenvalue weighted by Crippen LogP contribution is -2.28. The van der Waals surface area contributed by atoms with E-state index in [-0.39, 0.29) is 5.82 Å². The highest BCUT2D eigenvalue weighted by Crippen LogP contribution is 2.26. The van der Waals surface area contributed by atoms with Crippen molar-refractivity contribution in [1.29, 1.82) is 0 Å². The van der Waals surface area contributed by atoms with Gasteiger partial charge in [0.25, 0.3) is 0 Å². The number of H-pyrrole nitrogens is 1. The Labute approximate surface area is 103 Å². The minimum absolute atomic E-state index is 0.319. The lowest BCUT2D eigenvalue weighted by Gasteiger charge is -2.16. The van der Waals surface area contributed by atoms with Gasteiger partial charge in [0.1, 0.15) is 11.2 Å². The number of benzene rings is 1. The summed E-state index contributed by atoms with van der Waals surface area (Å²) >= 11 is 0. The molecule has 1 aromatic carbocycles. The lowest BCUT2D eigenvalue weighted by molar-refractivity contribution is -0.142. The smallest absolute Gasteiger partial charge is 0.315 e. The van der Waals surface area contributed by atoms with Crippen molar-refractivity contribution in [2.24, 2.45) is 0 Å². The molecule has 0 aliphatic carbocycles. The van der Waals surface area contributed by atoms with Crippen molar-refractivity contribution in [3.8, 4) is 11.3 Å². The van der Waals surface area contributed by atoms with Crippen molar-refractivity contribution >= 4 is 5.97 Å². The van der Waals surface area contributed by atoms with Crippen molar-refractivity contribution in [3.05, 3.63) is 41.8 Å². The fourth-order valence-electron chi connectivity index (χ4n) is 1.53. The quantitative estimate of drug-likeness (QED) is 0.877. The van der Waals surface area contributed by atoms with Crippen LogP contribution in [0.3, 0.4) is 0 Å². The molecule has 0 aliphatic rings. The standard InChI is InChI=1S/C13H13FN2O2/c1-13(2,12(17)18)11-7-10(15-16-11)8-3-5-9(14)6-4-8/h3-7H,1-2H3,(H,15,16)(H,17,18). The molecule has 0 fully saturated rings. The van der Waals surface area contributed by atoms with Crippen LogP contribution in [0.1, 0.15) is 19.5 Å². The maximum absolute atomic E-state index is 12.8. The molecular weight excluding hydrogens is 235 g/mol. The molecule has 2 rings (SSSR count). The third kappa shape index (κ3) is 2.11. The van der Waals surface area contributed by atoms with E-state index in [2.05, 4.69) is 10.2 Å². The fourth-order valence-corrected chi connectivity index (χ4v) is 1.53. The van der Waals surface area contributed by atoms with E-state index in [1.54, 1.807) is 32.0 Å². The first-order chi connectivity index (χ1) is 8.41. The summed E-state index contributed by atoms with van der Waals surface area (Å²) in [6.45, 7) is 3.19. The molecule has 1 heterocycles. The molecule has 2 aromatic rings. The number of nitrogens with one attached hydrogen (secondary N) is 1. The molecule has 0 bridgehead atoms. The Morgan fingerprint density at radius 2 is 1.94 bits per heavy atom. The Bertz CT molecular complexity index is 573. The predicted molar refractivity (Wildman–Crippen MR) is 64.6 cm³/mol. The first kappa shape index (κ1) is 12.3. The molecule has 0 unspecified atom stereocenters. The highest BCUT2D eigenvalue weighted by molar-refractivity contribution is 5.80. The molecule has 0 amide bonds. The number of carbonyl (C=O) groups is 1. The molecule has 0 saturated carbocycles. The first-order valence-electron chi connectivity index (χ1n) is 5.46. The number of hydrogen-bond acceptors (Lipinski definition) is 2. The number of hydrogen-bond donors (Lipinski definition) is 2. The minimum Gasteiger partial charge on any atom is -0.481 e. The van der Waals surface area contributed by atoms with Gasteiger partial charge in [-0.15, -0.1) is 0 Å². The van der Waals surface area contributed by atoms with Gasteiger partial charge in [-0.25, -0.2) is 4.39 Å². The number of halogens is 1. The summed E-state index contributed by atoms with van der Waals surface area (Å²) in [5.41, 5.74) is 0.805. The number of aromatic amines is 1. The van der Waals surface area contributed by atoms with Crippen LogP contribution in [0.15, 0.2) is 30.3 Å². The topological polar surface area (TPSA) is 66.0 Å². The van der Waals surface area contributed by atoms with Gasteiger partial charge in [-0.05, 0) is 44.2 Å². The van der Waals surface area contributed by atoms with E-state index in [4.69, 9.17) is 5.11 Å². The average Bonchev–Trinajstić information content (AvgIpc) is 2.79. The van der Waals surface area contributed by atoms with Crippen LogP contribution in [0.4, 0.5) is 4.39 Å². The van der Waals surface area contributed by atoms with E-state index in [1.807, 2.05) is 0 Å². The second-order valence-corrected chi connectivity index (χ2v) is 4.60. The molecule has 0 saturated heterocycles. The minimum atomic E-state index is -1.04. The number of carboxylic acids is 1. The summed E-state index contributed by atoms with van der Waals surface area (Å²) < 4.78 is 12.8. The number of rotatable bonds is 3. The normalized spacial score (nSPS) is 11.5. The average molecular weight is 248 g/mol. The second kappa shape index (κ2) is 4.25. The first-order valence-corrected chi connectivity index (χ1v) is 5.46.